The lowest BCUT2D eigenvalue weighted by Crippen LogP contribution is -2.18. The molecule has 2 aromatic rings. The maximum absolute atomic E-state index is 13.8. The highest BCUT2D eigenvalue weighted by molar-refractivity contribution is 6.30. The predicted octanol–water partition coefficient (Wildman–Crippen LogP) is 4.09. The van der Waals surface area contributed by atoms with Crippen LogP contribution in [0, 0.1) is 11.6 Å². The van der Waals surface area contributed by atoms with E-state index in [2.05, 4.69) is 0 Å². The molecule has 1 atom stereocenters. The van der Waals surface area contributed by atoms with Crippen LogP contribution in [0.25, 0.3) is 0 Å². The first-order valence-corrected chi connectivity index (χ1v) is 6.95. The molecule has 2 nitrogen and oxygen atoms in total. The van der Waals surface area contributed by atoms with E-state index in [4.69, 9.17) is 22.1 Å². The average molecular weight is 312 g/mol. The maximum atomic E-state index is 13.8. The molecule has 0 radical (unpaired) electrons. The Bertz CT molecular complexity index is 632. The van der Waals surface area contributed by atoms with Gasteiger partial charge in [0.15, 0.2) is 0 Å². The molecule has 0 aliphatic rings. The van der Waals surface area contributed by atoms with Gasteiger partial charge in [-0.2, -0.15) is 0 Å². The van der Waals surface area contributed by atoms with Crippen molar-refractivity contribution in [2.75, 3.05) is 0 Å². The monoisotopic (exact) mass is 311 g/mol. The predicted molar refractivity (Wildman–Crippen MR) is 79.5 cm³/mol. The highest BCUT2D eigenvalue weighted by Gasteiger charge is 2.11. The molecule has 0 aliphatic carbocycles. The van der Waals surface area contributed by atoms with Gasteiger partial charge in [-0.1, -0.05) is 23.7 Å². The Kier molecular flexibility index (Phi) is 5.15. The highest BCUT2D eigenvalue weighted by Crippen LogP contribution is 2.24. The Morgan fingerprint density at radius 2 is 1.95 bits per heavy atom. The van der Waals surface area contributed by atoms with Gasteiger partial charge in [0, 0.05) is 11.6 Å². The van der Waals surface area contributed by atoms with Crippen molar-refractivity contribution in [1.82, 2.24) is 0 Å². The number of rotatable bonds is 5. The standard InChI is InChI=1S/C16H16ClF2NO/c1-10(20)7-12-8-13(18)5-6-15(12)21-9-11-3-2-4-14(17)16(11)19/h2-6,8,10H,7,9,20H2,1H3. The summed E-state index contributed by atoms with van der Waals surface area (Å²) in [6.07, 6.45) is 0.477. The van der Waals surface area contributed by atoms with Crippen molar-refractivity contribution in [2.45, 2.75) is 26.0 Å². The second kappa shape index (κ2) is 6.87. The summed E-state index contributed by atoms with van der Waals surface area (Å²) in [6, 6.07) is 8.79. The third-order valence-electron chi connectivity index (χ3n) is 2.98. The molecule has 5 heteroatoms. The van der Waals surface area contributed by atoms with E-state index in [9.17, 15) is 8.78 Å². The zero-order chi connectivity index (χ0) is 15.4. The number of halogens is 3. The van der Waals surface area contributed by atoms with Crippen LogP contribution in [-0.2, 0) is 13.0 Å². The Morgan fingerprint density at radius 1 is 1.19 bits per heavy atom. The van der Waals surface area contributed by atoms with Crippen molar-refractivity contribution in [3.63, 3.8) is 0 Å². The van der Waals surface area contributed by atoms with Gasteiger partial charge in [-0.05, 0) is 43.2 Å². The number of ether oxygens (including phenoxy) is 1. The SMILES string of the molecule is CC(N)Cc1cc(F)ccc1OCc1cccc(Cl)c1F. The lowest BCUT2D eigenvalue weighted by molar-refractivity contribution is 0.295. The Morgan fingerprint density at radius 3 is 2.67 bits per heavy atom. The second-order valence-electron chi connectivity index (χ2n) is 4.94. The van der Waals surface area contributed by atoms with Gasteiger partial charge in [0.05, 0.1) is 5.02 Å². The molecule has 0 bridgehead atoms. The summed E-state index contributed by atoms with van der Waals surface area (Å²) in [6.45, 7) is 1.84. The molecule has 0 heterocycles. The second-order valence-corrected chi connectivity index (χ2v) is 5.34. The quantitative estimate of drug-likeness (QED) is 0.902. The summed E-state index contributed by atoms with van der Waals surface area (Å²) in [5.41, 5.74) is 6.74. The first-order chi connectivity index (χ1) is 9.97. The summed E-state index contributed by atoms with van der Waals surface area (Å²) in [7, 11) is 0. The van der Waals surface area contributed by atoms with E-state index in [1.165, 1.54) is 24.3 Å². The number of hydrogen-bond donors (Lipinski definition) is 1. The number of nitrogens with two attached hydrogens (primary N) is 1. The van der Waals surface area contributed by atoms with Crippen molar-refractivity contribution in [1.29, 1.82) is 0 Å². The fraction of sp³-hybridized carbons (Fsp3) is 0.250. The minimum atomic E-state index is -0.505. The molecule has 0 aromatic heterocycles. The molecule has 0 saturated carbocycles. The first kappa shape index (κ1) is 15.7. The molecule has 0 saturated heterocycles. The molecule has 0 fully saturated rings. The van der Waals surface area contributed by atoms with E-state index in [1.807, 2.05) is 6.92 Å². The van der Waals surface area contributed by atoms with Crippen molar-refractivity contribution >= 4 is 11.6 Å². The molecule has 2 aromatic carbocycles. The minimum absolute atomic E-state index is 0.0178. The maximum Gasteiger partial charge on any atom is 0.148 e. The van der Waals surface area contributed by atoms with Crippen LogP contribution in [0.4, 0.5) is 8.78 Å². The molecule has 0 spiro atoms. The molecule has 112 valence electrons. The van der Waals surface area contributed by atoms with Crippen molar-refractivity contribution < 1.29 is 13.5 Å². The lowest BCUT2D eigenvalue weighted by atomic mass is 10.1. The molecular formula is C16H16ClF2NO. The minimum Gasteiger partial charge on any atom is -0.489 e. The van der Waals surface area contributed by atoms with Crippen LogP contribution in [0.2, 0.25) is 5.02 Å². The van der Waals surface area contributed by atoms with Crippen LogP contribution in [0.5, 0.6) is 5.75 Å². The molecule has 2 N–H and O–H groups in total. The van der Waals surface area contributed by atoms with Crippen LogP contribution < -0.4 is 10.5 Å². The van der Waals surface area contributed by atoms with Crippen LogP contribution in [0.1, 0.15) is 18.1 Å². The van der Waals surface area contributed by atoms with E-state index in [1.54, 1.807) is 12.1 Å². The van der Waals surface area contributed by atoms with E-state index in [-0.39, 0.29) is 23.5 Å². The van der Waals surface area contributed by atoms with Gasteiger partial charge in [-0.15, -0.1) is 0 Å². The van der Waals surface area contributed by atoms with Gasteiger partial charge in [0.25, 0.3) is 0 Å². The highest BCUT2D eigenvalue weighted by atomic mass is 35.5. The Labute approximate surface area is 127 Å². The molecular weight excluding hydrogens is 296 g/mol. The van der Waals surface area contributed by atoms with Gasteiger partial charge < -0.3 is 10.5 Å². The van der Waals surface area contributed by atoms with Crippen LogP contribution >= 0.6 is 11.6 Å². The fourth-order valence-corrected chi connectivity index (χ4v) is 2.20. The van der Waals surface area contributed by atoms with Crippen molar-refractivity contribution in [2.24, 2.45) is 5.73 Å². The zero-order valence-electron chi connectivity index (χ0n) is 11.6. The van der Waals surface area contributed by atoms with E-state index in [0.717, 1.165) is 0 Å². The van der Waals surface area contributed by atoms with Crippen LogP contribution in [0.15, 0.2) is 36.4 Å². The first-order valence-electron chi connectivity index (χ1n) is 6.57. The Balaban J connectivity index is 2.18. The van der Waals surface area contributed by atoms with Crippen LogP contribution in [0.3, 0.4) is 0 Å². The van der Waals surface area contributed by atoms with Gasteiger partial charge in [-0.3, -0.25) is 0 Å². The number of hydrogen-bond acceptors (Lipinski definition) is 2. The molecule has 1 unspecified atom stereocenters. The average Bonchev–Trinajstić information content (AvgIpc) is 2.41. The largest absolute Gasteiger partial charge is 0.489 e. The number of benzene rings is 2. The molecule has 2 rings (SSSR count). The van der Waals surface area contributed by atoms with E-state index >= 15 is 0 Å². The van der Waals surface area contributed by atoms with Gasteiger partial charge in [0.1, 0.15) is 24.0 Å². The normalized spacial score (nSPS) is 12.2. The van der Waals surface area contributed by atoms with Crippen molar-refractivity contribution in [3.8, 4) is 5.75 Å². The summed E-state index contributed by atoms with van der Waals surface area (Å²) in [4.78, 5) is 0. The van der Waals surface area contributed by atoms with E-state index in [0.29, 0.717) is 23.3 Å². The molecule has 0 aliphatic heterocycles. The van der Waals surface area contributed by atoms with E-state index < -0.39 is 5.82 Å². The third-order valence-corrected chi connectivity index (χ3v) is 3.27. The summed E-state index contributed by atoms with van der Waals surface area (Å²) < 4.78 is 32.7. The summed E-state index contributed by atoms with van der Waals surface area (Å²) in [5, 5.41) is 0.0472. The van der Waals surface area contributed by atoms with Gasteiger partial charge in [0.2, 0.25) is 0 Å². The summed E-state index contributed by atoms with van der Waals surface area (Å²) >= 11 is 5.72. The van der Waals surface area contributed by atoms with Gasteiger partial charge in [-0.25, -0.2) is 8.78 Å². The Hall–Kier alpha value is -1.65. The molecule has 0 amide bonds. The fourth-order valence-electron chi connectivity index (χ4n) is 2.01. The zero-order valence-corrected chi connectivity index (χ0v) is 12.3. The third kappa shape index (κ3) is 4.16. The smallest absolute Gasteiger partial charge is 0.148 e. The lowest BCUT2D eigenvalue weighted by Gasteiger charge is -2.14. The topological polar surface area (TPSA) is 35.2 Å². The molecule has 21 heavy (non-hydrogen) atoms. The van der Waals surface area contributed by atoms with Crippen LogP contribution in [-0.4, -0.2) is 6.04 Å². The summed E-state index contributed by atoms with van der Waals surface area (Å²) in [5.74, 6) is -0.366. The van der Waals surface area contributed by atoms with Crippen molar-refractivity contribution in [3.05, 3.63) is 64.2 Å². The van der Waals surface area contributed by atoms with Gasteiger partial charge >= 0.3 is 0 Å².